The molecule has 0 aliphatic carbocycles. The van der Waals surface area contributed by atoms with E-state index in [0.29, 0.717) is 12.4 Å². The topological polar surface area (TPSA) is 55.0 Å². The summed E-state index contributed by atoms with van der Waals surface area (Å²) in [5.41, 5.74) is 7.84. The summed E-state index contributed by atoms with van der Waals surface area (Å²) in [5.74, 6) is 0.485. The SMILES string of the molecule is CN(Cc1cccc(Cl)c1)c1c(N)ncnc1I. The Morgan fingerprint density at radius 1 is 1.39 bits per heavy atom. The number of halogens is 2. The van der Waals surface area contributed by atoms with E-state index in [1.807, 2.05) is 36.2 Å². The van der Waals surface area contributed by atoms with Crippen LogP contribution in [0.15, 0.2) is 30.6 Å². The lowest BCUT2D eigenvalue weighted by Crippen LogP contribution is -2.20. The van der Waals surface area contributed by atoms with E-state index in [1.54, 1.807) is 0 Å². The molecule has 0 saturated carbocycles. The Hall–Kier alpha value is -1.08. The number of nitrogens with zero attached hydrogens (tertiary/aromatic N) is 3. The van der Waals surface area contributed by atoms with Crippen LogP contribution in [-0.4, -0.2) is 17.0 Å². The Bertz CT molecular complexity index is 541. The van der Waals surface area contributed by atoms with Crippen LogP contribution in [0.5, 0.6) is 0 Å². The van der Waals surface area contributed by atoms with Gasteiger partial charge in [0.25, 0.3) is 0 Å². The van der Waals surface area contributed by atoms with E-state index in [-0.39, 0.29) is 0 Å². The van der Waals surface area contributed by atoms with Gasteiger partial charge >= 0.3 is 0 Å². The number of hydrogen-bond donors (Lipinski definition) is 1. The minimum atomic E-state index is 0.485. The van der Waals surface area contributed by atoms with Crippen LogP contribution in [0, 0.1) is 3.70 Å². The highest BCUT2D eigenvalue weighted by atomic mass is 127. The second-order valence-electron chi connectivity index (χ2n) is 3.88. The highest BCUT2D eigenvalue weighted by Gasteiger charge is 2.12. The lowest BCUT2D eigenvalue weighted by Gasteiger charge is -2.21. The second kappa shape index (κ2) is 5.71. The highest BCUT2D eigenvalue weighted by Crippen LogP contribution is 2.26. The molecular formula is C12H12ClIN4. The van der Waals surface area contributed by atoms with Crippen molar-refractivity contribution in [3.05, 3.63) is 44.9 Å². The molecule has 1 heterocycles. The molecule has 0 atom stereocenters. The molecule has 0 radical (unpaired) electrons. The fraction of sp³-hybridized carbons (Fsp3) is 0.167. The van der Waals surface area contributed by atoms with Crippen molar-refractivity contribution in [3.63, 3.8) is 0 Å². The van der Waals surface area contributed by atoms with Crippen molar-refractivity contribution in [3.8, 4) is 0 Å². The lowest BCUT2D eigenvalue weighted by atomic mass is 10.2. The highest BCUT2D eigenvalue weighted by molar-refractivity contribution is 14.1. The van der Waals surface area contributed by atoms with E-state index < -0.39 is 0 Å². The summed E-state index contributed by atoms with van der Waals surface area (Å²) in [6.07, 6.45) is 1.47. The fourth-order valence-corrected chi connectivity index (χ4v) is 2.74. The molecule has 1 aromatic heterocycles. The molecule has 1 aromatic carbocycles. The standard InChI is InChI=1S/C12H12ClIN4/c1-18(6-8-3-2-4-9(13)5-8)10-11(14)16-7-17-12(10)15/h2-5,7H,6H2,1H3,(H2,15,16,17). The maximum absolute atomic E-state index is 5.97. The number of aromatic nitrogens is 2. The van der Waals surface area contributed by atoms with Gasteiger partial charge in [0.05, 0.1) is 0 Å². The van der Waals surface area contributed by atoms with Gasteiger partial charge in [-0.25, -0.2) is 9.97 Å². The van der Waals surface area contributed by atoms with Crippen LogP contribution in [-0.2, 0) is 6.54 Å². The molecule has 0 saturated heterocycles. The Morgan fingerprint density at radius 3 is 2.83 bits per heavy atom. The zero-order valence-electron chi connectivity index (χ0n) is 9.77. The molecule has 4 nitrogen and oxygen atoms in total. The molecule has 94 valence electrons. The first kappa shape index (κ1) is 13.4. The van der Waals surface area contributed by atoms with E-state index in [4.69, 9.17) is 17.3 Å². The first-order valence-corrected chi connectivity index (χ1v) is 6.75. The summed E-state index contributed by atoms with van der Waals surface area (Å²) in [6.45, 7) is 0.703. The van der Waals surface area contributed by atoms with E-state index in [9.17, 15) is 0 Å². The molecule has 2 rings (SSSR count). The molecule has 0 spiro atoms. The maximum atomic E-state index is 5.97. The van der Waals surface area contributed by atoms with Crippen LogP contribution in [0.2, 0.25) is 5.02 Å². The predicted molar refractivity (Wildman–Crippen MR) is 82.7 cm³/mol. The van der Waals surface area contributed by atoms with Crippen LogP contribution in [0.25, 0.3) is 0 Å². The molecule has 0 bridgehead atoms. The summed E-state index contributed by atoms with van der Waals surface area (Å²) in [6, 6.07) is 7.75. The third-order valence-corrected chi connectivity index (χ3v) is 3.52. The van der Waals surface area contributed by atoms with E-state index in [0.717, 1.165) is 20.0 Å². The van der Waals surface area contributed by atoms with Crippen molar-refractivity contribution in [2.24, 2.45) is 0 Å². The van der Waals surface area contributed by atoms with Gasteiger partial charge in [0.15, 0.2) is 5.82 Å². The molecule has 0 aliphatic heterocycles. The van der Waals surface area contributed by atoms with Crippen molar-refractivity contribution in [2.75, 3.05) is 17.7 Å². The third-order valence-electron chi connectivity index (χ3n) is 2.50. The Kier molecular flexibility index (Phi) is 4.23. The zero-order valence-corrected chi connectivity index (χ0v) is 12.7. The van der Waals surface area contributed by atoms with E-state index in [2.05, 4.69) is 32.6 Å². The normalized spacial score (nSPS) is 10.4. The summed E-state index contributed by atoms with van der Waals surface area (Å²) < 4.78 is 0.838. The van der Waals surface area contributed by atoms with Gasteiger partial charge in [-0.2, -0.15) is 0 Å². The summed E-state index contributed by atoms with van der Waals surface area (Å²) in [4.78, 5) is 10.2. The second-order valence-corrected chi connectivity index (χ2v) is 5.34. The van der Waals surface area contributed by atoms with Gasteiger partial charge in [-0.05, 0) is 40.3 Å². The molecule has 2 N–H and O–H groups in total. The Morgan fingerprint density at radius 2 is 2.17 bits per heavy atom. The van der Waals surface area contributed by atoms with Crippen molar-refractivity contribution in [2.45, 2.75) is 6.54 Å². The smallest absolute Gasteiger partial charge is 0.151 e. The molecule has 6 heteroatoms. The molecule has 0 amide bonds. The van der Waals surface area contributed by atoms with Gasteiger partial charge in [-0.3, -0.25) is 0 Å². The maximum Gasteiger partial charge on any atom is 0.151 e. The molecule has 0 unspecified atom stereocenters. The number of rotatable bonds is 3. The average Bonchev–Trinajstić information content (AvgIpc) is 2.28. The average molecular weight is 375 g/mol. The van der Waals surface area contributed by atoms with Crippen LogP contribution in [0.4, 0.5) is 11.5 Å². The van der Waals surface area contributed by atoms with Crippen molar-refractivity contribution >= 4 is 45.7 Å². The first-order valence-electron chi connectivity index (χ1n) is 5.29. The number of nitrogen functional groups attached to an aromatic ring is 1. The van der Waals surface area contributed by atoms with Gasteiger partial charge in [0, 0.05) is 18.6 Å². The number of hydrogen-bond acceptors (Lipinski definition) is 4. The van der Waals surface area contributed by atoms with E-state index >= 15 is 0 Å². The van der Waals surface area contributed by atoms with Crippen LogP contribution in [0.3, 0.4) is 0 Å². The minimum Gasteiger partial charge on any atom is -0.382 e. The molecular weight excluding hydrogens is 363 g/mol. The molecule has 0 aliphatic rings. The van der Waals surface area contributed by atoms with Crippen molar-refractivity contribution in [1.82, 2.24) is 9.97 Å². The van der Waals surface area contributed by atoms with Gasteiger partial charge in [0.1, 0.15) is 15.7 Å². The third kappa shape index (κ3) is 3.02. The fourth-order valence-electron chi connectivity index (χ4n) is 1.71. The van der Waals surface area contributed by atoms with Gasteiger partial charge in [0.2, 0.25) is 0 Å². The zero-order chi connectivity index (χ0) is 13.1. The Labute approximate surface area is 124 Å². The Balaban J connectivity index is 2.25. The van der Waals surface area contributed by atoms with Gasteiger partial charge in [-0.1, -0.05) is 23.7 Å². The first-order chi connectivity index (χ1) is 8.58. The quantitative estimate of drug-likeness (QED) is 0.663. The van der Waals surface area contributed by atoms with Crippen LogP contribution >= 0.6 is 34.2 Å². The number of benzene rings is 1. The number of nitrogens with two attached hydrogens (primary N) is 1. The number of anilines is 2. The van der Waals surface area contributed by atoms with E-state index in [1.165, 1.54) is 6.33 Å². The summed E-state index contributed by atoms with van der Waals surface area (Å²) >= 11 is 8.12. The van der Waals surface area contributed by atoms with Gasteiger partial charge < -0.3 is 10.6 Å². The predicted octanol–water partition coefficient (Wildman–Crippen LogP) is 2.95. The van der Waals surface area contributed by atoms with Crippen molar-refractivity contribution < 1.29 is 0 Å². The summed E-state index contributed by atoms with van der Waals surface area (Å²) in [7, 11) is 1.96. The molecule has 18 heavy (non-hydrogen) atoms. The van der Waals surface area contributed by atoms with Crippen molar-refractivity contribution in [1.29, 1.82) is 0 Å². The molecule has 2 aromatic rings. The lowest BCUT2D eigenvalue weighted by molar-refractivity contribution is 0.905. The largest absolute Gasteiger partial charge is 0.382 e. The van der Waals surface area contributed by atoms with Gasteiger partial charge in [-0.15, -0.1) is 0 Å². The summed E-state index contributed by atoms with van der Waals surface area (Å²) in [5, 5.41) is 0.730. The van der Waals surface area contributed by atoms with Crippen LogP contribution in [0.1, 0.15) is 5.56 Å². The molecule has 0 fully saturated rings. The van der Waals surface area contributed by atoms with Crippen LogP contribution < -0.4 is 10.6 Å². The monoisotopic (exact) mass is 374 g/mol. The minimum absolute atomic E-state index is 0.485.